The summed E-state index contributed by atoms with van der Waals surface area (Å²) < 4.78 is 5.56. The lowest BCUT2D eigenvalue weighted by Crippen LogP contribution is -2.35. The van der Waals surface area contributed by atoms with Crippen molar-refractivity contribution in [1.82, 2.24) is 9.97 Å². The van der Waals surface area contributed by atoms with E-state index in [-0.39, 0.29) is 0 Å². The standard InChI is InChI=1S/C13H20ClN3OS/c1-18-10-11(14)16-9-17-12(10)15-8-13(19-2)6-4-3-5-7-13/h9H,3-8H2,1-2H3,(H,15,16,17). The third-order valence-electron chi connectivity index (χ3n) is 3.74. The lowest BCUT2D eigenvalue weighted by Gasteiger charge is -2.36. The van der Waals surface area contributed by atoms with Crippen LogP contribution in [0.4, 0.5) is 5.82 Å². The van der Waals surface area contributed by atoms with E-state index in [1.54, 1.807) is 7.11 Å². The normalized spacial score (nSPS) is 18.1. The minimum absolute atomic E-state index is 0.306. The molecule has 19 heavy (non-hydrogen) atoms. The molecule has 0 unspecified atom stereocenters. The van der Waals surface area contributed by atoms with Gasteiger partial charge in [0.25, 0.3) is 0 Å². The summed E-state index contributed by atoms with van der Waals surface area (Å²) >= 11 is 7.95. The number of nitrogens with one attached hydrogen (secondary N) is 1. The van der Waals surface area contributed by atoms with Crippen LogP contribution >= 0.6 is 23.4 Å². The molecule has 1 aliphatic rings. The van der Waals surface area contributed by atoms with E-state index in [9.17, 15) is 0 Å². The molecule has 6 heteroatoms. The Morgan fingerprint density at radius 2 is 2.11 bits per heavy atom. The summed E-state index contributed by atoms with van der Waals surface area (Å²) in [6.07, 6.45) is 10.1. The number of hydrogen-bond acceptors (Lipinski definition) is 5. The zero-order valence-electron chi connectivity index (χ0n) is 11.4. The molecular weight excluding hydrogens is 282 g/mol. The topological polar surface area (TPSA) is 47.0 Å². The molecule has 0 bridgehead atoms. The molecule has 0 aliphatic heterocycles. The Balaban J connectivity index is 2.07. The number of methoxy groups -OCH3 is 1. The minimum atomic E-state index is 0.306. The van der Waals surface area contributed by atoms with Crippen molar-refractivity contribution in [2.75, 3.05) is 25.2 Å². The summed E-state index contributed by atoms with van der Waals surface area (Å²) in [5.74, 6) is 1.21. The molecular formula is C13H20ClN3OS. The van der Waals surface area contributed by atoms with E-state index in [0.717, 1.165) is 6.54 Å². The fourth-order valence-electron chi connectivity index (χ4n) is 2.55. The van der Waals surface area contributed by atoms with Crippen LogP contribution < -0.4 is 10.1 Å². The fourth-order valence-corrected chi connectivity index (χ4v) is 3.68. The molecule has 0 radical (unpaired) electrons. The van der Waals surface area contributed by atoms with Crippen molar-refractivity contribution < 1.29 is 4.74 Å². The van der Waals surface area contributed by atoms with Crippen molar-refractivity contribution in [1.29, 1.82) is 0 Å². The first-order valence-electron chi connectivity index (χ1n) is 6.54. The maximum Gasteiger partial charge on any atom is 0.198 e. The second kappa shape index (κ2) is 6.66. The number of thioether (sulfide) groups is 1. The molecule has 0 aromatic carbocycles. The number of hydrogen-bond donors (Lipinski definition) is 1. The lowest BCUT2D eigenvalue weighted by atomic mass is 9.88. The number of nitrogens with zero attached hydrogens (tertiary/aromatic N) is 2. The molecule has 1 aromatic heterocycles. The van der Waals surface area contributed by atoms with Gasteiger partial charge in [-0.2, -0.15) is 11.8 Å². The van der Waals surface area contributed by atoms with E-state index in [2.05, 4.69) is 21.5 Å². The van der Waals surface area contributed by atoms with E-state index in [1.807, 2.05) is 11.8 Å². The first-order chi connectivity index (χ1) is 9.21. The first kappa shape index (κ1) is 14.7. The predicted molar refractivity (Wildman–Crippen MR) is 81.4 cm³/mol. The average Bonchev–Trinajstić information content (AvgIpc) is 2.46. The second-order valence-corrected chi connectivity index (χ2v) is 6.48. The summed E-state index contributed by atoms with van der Waals surface area (Å²) in [6, 6.07) is 0. The smallest absolute Gasteiger partial charge is 0.198 e. The van der Waals surface area contributed by atoms with Crippen LogP contribution in [-0.2, 0) is 0 Å². The van der Waals surface area contributed by atoms with Crippen molar-refractivity contribution in [2.24, 2.45) is 0 Å². The van der Waals surface area contributed by atoms with Crippen LogP contribution in [0.2, 0.25) is 5.15 Å². The zero-order valence-corrected chi connectivity index (χ0v) is 13.0. The van der Waals surface area contributed by atoms with Crippen molar-refractivity contribution in [3.05, 3.63) is 11.5 Å². The quantitative estimate of drug-likeness (QED) is 0.842. The van der Waals surface area contributed by atoms with Gasteiger partial charge in [0.2, 0.25) is 0 Å². The van der Waals surface area contributed by atoms with Crippen LogP contribution in [0.15, 0.2) is 6.33 Å². The Kier molecular flexibility index (Phi) is 5.16. The summed E-state index contributed by atoms with van der Waals surface area (Å²) in [4.78, 5) is 8.15. The van der Waals surface area contributed by atoms with Crippen LogP contribution in [0.1, 0.15) is 32.1 Å². The highest BCUT2D eigenvalue weighted by atomic mass is 35.5. The van der Waals surface area contributed by atoms with Crippen LogP contribution in [0.5, 0.6) is 5.75 Å². The van der Waals surface area contributed by atoms with Crippen LogP contribution in [0.25, 0.3) is 0 Å². The highest BCUT2D eigenvalue weighted by Crippen LogP contribution is 2.39. The molecule has 106 valence electrons. The number of aromatic nitrogens is 2. The number of halogens is 1. The van der Waals surface area contributed by atoms with Gasteiger partial charge in [0.15, 0.2) is 16.7 Å². The SMILES string of the molecule is COc1c(Cl)ncnc1NCC1(SC)CCCCC1. The molecule has 1 N–H and O–H groups in total. The number of rotatable bonds is 5. The monoisotopic (exact) mass is 301 g/mol. The molecule has 1 aliphatic carbocycles. The van der Waals surface area contributed by atoms with Gasteiger partial charge in [-0.05, 0) is 19.1 Å². The molecule has 1 aromatic rings. The molecule has 0 amide bonds. The van der Waals surface area contributed by atoms with E-state index in [1.165, 1.54) is 38.4 Å². The van der Waals surface area contributed by atoms with Gasteiger partial charge < -0.3 is 10.1 Å². The van der Waals surface area contributed by atoms with Gasteiger partial charge in [0.05, 0.1) is 7.11 Å². The maximum atomic E-state index is 6.00. The largest absolute Gasteiger partial charge is 0.490 e. The van der Waals surface area contributed by atoms with Gasteiger partial charge in [-0.3, -0.25) is 0 Å². The van der Waals surface area contributed by atoms with Gasteiger partial charge in [0.1, 0.15) is 6.33 Å². The van der Waals surface area contributed by atoms with Crippen LogP contribution in [0.3, 0.4) is 0 Å². The summed E-state index contributed by atoms with van der Waals surface area (Å²) in [5, 5.41) is 3.73. The van der Waals surface area contributed by atoms with Gasteiger partial charge in [0, 0.05) is 11.3 Å². The molecule has 1 fully saturated rings. The van der Waals surface area contributed by atoms with Gasteiger partial charge in [-0.15, -0.1) is 0 Å². The third-order valence-corrected chi connectivity index (χ3v) is 5.43. The fraction of sp³-hybridized carbons (Fsp3) is 0.692. The van der Waals surface area contributed by atoms with Crippen LogP contribution in [0, 0.1) is 0 Å². The third kappa shape index (κ3) is 3.45. The van der Waals surface area contributed by atoms with Crippen LogP contribution in [-0.4, -0.2) is 34.6 Å². The van der Waals surface area contributed by atoms with E-state index < -0.39 is 0 Å². The predicted octanol–water partition coefficient (Wildman–Crippen LogP) is 3.62. The van der Waals surface area contributed by atoms with E-state index in [4.69, 9.17) is 16.3 Å². The van der Waals surface area contributed by atoms with E-state index >= 15 is 0 Å². The van der Waals surface area contributed by atoms with E-state index in [0.29, 0.717) is 21.5 Å². The minimum Gasteiger partial charge on any atom is -0.490 e. The molecule has 0 atom stereocenters. The van der Waals surface area contributed by atoms with Gasteiger partial charge in [-0.25, -0.2) is 9.97 Å². The molecule has 2 rings (SSSR count). The Labute approximate surface area is 123 Å². The zero-order chi connectivity index (χ0) is 13.7. The van der Waals surface area contributed by atoms with Gasteiger partial charge in [-0.1, -0.05) is 30.9 Å². The second-order valence-electron chi connectivity index (χ2n) is 4.85. The van der Waals surface area contributed by atoms with Crippen molar-refractivity contribution in [3.63, 3.8) is 0 Å². The average molecular weight is 302 g/mol. The number of anilines is 1. The highest BCUT2D eigenvalue weighted by Gasteiger charge is 2.31. The number of ether oxygens (including phenoxy) is 1. The summed E-state index contributed by atoms with van der Waals surface area (Å²) in [6.45, 7) is 0.887. The Bertz CT molecular complexity index is 424. The summed E-state index contributed by atoms with van der Waals surface area (Å²) in [7, 11) is 1.58. The molecule has 0 saturated heterocycles. The van der Waals surface area contributed by atoms with Crippen molar-refractivity contribution in [3.8, 4) is 5.75 Å². The first-order valence-corrected chi connectivity index (χ1v) is 8.14. The lowest BCUT2D eigenvalue weighted by molar-refractivity contribution is 0.403. The molecule has 1 saturated carbocycles. The Morgan fingerprint density at radius 3 is 2.74 bits per heavy atom. The van der Waals surface area contributed by atoms with Crippen molar-refractivity contribution >= 4 is 29.2 Å². The molecule has 1 heterocycles. The van der Waals surface area contributed by atoms with Crippen molar-refractivity contribution in [2.45, 2.75) is 36.9 Å². The summed E-state index contributed by atoms with van der Waals surface area (Å²) in [5.41, 5.74) is 0. The Hall–Kier alpha value is -0.680. The Morgan fingerprint density at radius 1 is 1.37 bits per heavy atom. The molecule has 0 spiro atoms. The van der Waals surface area contributed by atoms with Gasteiger partial charge >= 0.3 is 0 Å². The molecule has 4 nitrogen and oxygen atoms in total. The highest BCUT2D eigenvalue weighted by molar-refractivity contribution is 8.00. The maximum absolute atomic E-state index is 6.00.